The molecular formula is C14H19FN2O2. The highest BCUT2D eigenvalue weighted by Crippen LogP contribution is 2.14. The first-order chi connectivity index (χ1) is 9.19. The summed E-state index contributed by atoms with van der Waals surface area (Å²) in [4.78, 5) is 13.8. The van der Waals surface area contributed by atoms with E-state index in [4.69, 9.17) is 5.11 Å². The van der Waals surface area contributed by atoms with Gasteiger partial charge < -0.3 is 10.4 Å². The van der Waals surface area contributed by atoms with Crippen molar-refractivity contribution in [2.45, 2.75) is 13.0 Å². The molecule has 1 amide bonds. The summed E-state index contributed by atoms with van der Waals surface area (Å²) < 4.78 is 13.4. The molecule has 5 heteroatoms. The first-order valence-corrected chi connectivity index (χ1v) is 6.52. The van der Waals surface area contributed by atoms with Gasteiger partial charge in [0, 0.05) is 25.3 Å². The van der Waals surface area contributed by atoms with Crippen molar-refractivity contribution in [3.63, 3.8) is 0 Å². The summed E-state index contributed by atoms with van der Waals surface area (Å²) >= 11 is 0. The van der Waals surface area contributed by atoms with Crippen LogP contribution in [0.2, 0.25) is 0 Å². The highest BCUT2D eigenvalue weighted by atomic mass is 19.1. The van der Waals surface area contributed by atoms with Crippen molar-refractivity contribution in [1.82, 2.24) is 10.2 Å². The van der Waals surface area contributed by atoms with Crippen molar-refractivity contribution < 1.29 is 14.3 Å². The molecule has 0 aliphatic carbocycles. The second-order valence-electron chi connectivity index (χ2n) is 4.94. The molecule has 1 aromatic carbocycles. The quantitative estimate of drug-likeness (QED) is 0.827. The van der Waals surface area contributed by atoms with Gasteiger partial charge in [-0.15, -0.1) is 0 Å². The lowest BCUT2D eigenvalue weighted by Crippen LogP contribution is -2.36. The van der Waals surface area contributed by atoms with Gasteiger partial charge in [-0.1, -0.05) is 18.2 Å². The Labute approximate surface area is 112 Å². The minimum absolute atomic E-state index is 0.109. The lowest BCUT2D eigenvalue weighted by molar-refractivity contribution is -0.122. The Morgan fingerprint density at radius 3 is 2.95 bits per heavy atom. The van der Waals surface area contributed by atoms with Crippen molar-refractivity contribution >= 4 is 5.91 Å². The number of hydrogen-bond donors (Lipinski definition) is 2. The molecule has 1 saturated heterocycles. The van der Waals surface area contributed by atoms with E-state index in [2.05, 4.69) is 5.32 Å². The van der Waals surface area contributed by atoms with Crippen molar-refractivity contribution in [2.24, 2.45) is 5.92 Å². The molecule has 0 bridgehead atoms. The van der Waals surface area contributed by atoms with Crippen molar-refractivity contribution in [2.75, 3.05) is 26.2 Å². The molecule has 2 N–H and O–H groups in total. The number of nitrogens with one attached hydrogen (secondary N) is 1. The average Bonchev–Trinajstić information content (AvgIpc) is 2.85. The van der Waals surface area contributed by atoms with Gasteiger partial charge in [-0.25, -0.2) is 4.39 Å². The number of hydrogen-bond acceptors (Lipinski definition) is 3. The van der Waals surface area contributed by atoms with Crippen LogP contribution in [0.4, 0.5) is 4.39 Å². The maximum Gasteiger partial charge on any atom is 0.234 e. The first-order valence-electron chi connectivity index (χ1n) is 6.52. The fraction of sp³-hybridized carbons (Fsp3) is 0.500. The predicted octanol–water partition coefficient (Wildman–Crippen LogP) is 0.756. The number of aliphatic hydroxyl groups is 1. The number of carbonyl (C=O) groups excluding carboxylic acids is 1. The molecular weight excluding hydrogens is 247 g/mol. The molecule has 1 heterocycles. The van der Waals surface area contributed by atoms with Gasteiger partial charge in [-0.05, 0) is 24.9 Å². The molecule has 0 spiro atoms. The summed E-state index contributed by atoms with van der Waals surface area (Å²) in [6.45, 7) is 2.28. The van der Waals surface area contributed by atoms with Crippen LogP contribution in [0.3, 0.4) is 0 Å². The van der Waals surface area contributed by atoms with Crippen LogP contribution in [0.15, 0.2) is 24.3 Å². The average molecular weight is 266 g/mol. The van der Waals surface area contributed by atoms with Crippen LogP contribution in [0.1, 0.15) is 12.0 Å². The van der Waals surface area contributed by atoms with Gasteiger partial charge in [-0.3, -0.25) is 9.69 Å². The van der Waals surface area contributed by atoms with E-state index < -0.39 is 0 Å². The highest BCUT2D eigenvalue weighted by molar-refractivity contribution is 5.78. The van der Waals surface area contributed by atoms with Gasteiger partial charge in [0.2, 0.25) is 5.91 Å². The van der Waals surface area contributed by atoms with Crippen LogP contribution >= 0.6 is 0 Å². The number of likely N-dealkylation sites (tertiary alicyclic amines) is 1. The Balaban J connectivity index is 1.75. The summed E-state index contributed by atoms with van der Waals surface area (Å²) in [7, 11) is 0. The Morgan fingerprint density at radius 1 is 1.47 bits per heavy atom. The molecule has 1 fully saturated rings. The lowest BCUT2D eigenvalue weighted by Gasteiger charge is -2.15. The number of rotatable bonds is 5. The number of aliphatic hydroxyl groups excluding tert-OH is 1. The fourth-order valence-electron chi connectivity index (χ4n) is 2.30. The minimum atomic E-state index is -0.302. The van der Waals surface area contributed by atoms with Crippen LogP contribution < -0.4 is 5.32 Å². The highest BCUT2D eigenvalue weighted by Gasteiger charge is 2.23. The summed E-state index contributed by atoms with van der Waals surface area (Å²) in [5, 5.41) is 11.7. The zero-order chi connectivity index (χ0) is 13.7. The van der Waals surface area contributed by atoms with Gasteiger partial charge in [0.15, 0.2) is 0 Å². The minimum Gasteiger partial charge on any atom is -0.396 e. The molecule has 1 aliphatic heterocycles. The number of carbonyl (C=O) groups is 1. The Bertz CT molecular complexity index is 439. The predicted molar refractivity (Wildman–Crippen MR) is 69.9 cm³/mol. The lowest BCUT2D eigenvalue weighted by atomic mass is 10.1. The second kappa shape index (κ2) is 6.63. The SMILES string of the molecule is O=C(CN1CCC(CO)C1)NCc1ccccc1F. The molecule has 2 rings (SSSR count). The molecule has 1 aromatic rings. The van der Waals surface area contributed by atoms with E-state index in [1.54, 1.807) is 18.2 Å². The van der Waals surface area contributed by atoms with Crippen LogP contribution in [0, 0.1) is 11.7 Å². The van der Waals surface area contributed by atoms with E-state index in [1.165, 1.54) is 6.07 Å². The van der Waals surface area contributed by atoms with E-state index in [0.29, 0.717) is 12.1 Å². The Morgan fingerprint density at radius 2 is 2.26 bits per heavy atom. The Kier molecular flexibility index (Phi) is 4.87. The molecule has 0 radical (unpaired) electrons. The monoisotopic (exact) mass is 266 g/mol. The third-order valence-electron chi connectivity index (χ3n) is 3.43. The van der Waals surface area contributed by atoms with Gasteiger partial charge in [-0.2, -0.15) is 0 Å². The molecule has 0 saturated carbocycles. The van der Waals surface area contributed by atoms with E-state index in [9.17, 15) is 9.18 Å². The summed E-state index contributed by atoms with van der Waals surface area (Å²) in [5.74, 6) is -0.134. The van der Waals surface area contributed by atoms with E-state index in [1.807, 2.05) is 4.90 Å². The maximum atomic E-state index is 13.4. The Hall–Kier alpha value is -1.46. The van der Waals surface area contributed by atoms with Crippen LogP contribution in [0.5, 0.6) is 0 Å². The third kappa shape index (κ3) is 4.01. The summed E-state index contributed by atoms with van der Waals surface area (Å²) in [5.41, 5.74) is 0.491. The van der Waals surface area contributed by atoms with E-state index in [-0.39, 0.29) is 30.8 Å². The largest absolute Gasteiger partial charge is 0.396 e. The number of benzene rings is 1. The van der Waals surface area contributed by atoms with Gasteiger partial charge in [0.05, 0.1) is 6.54 Å². The molecule has 104 valence electrons. The van der Waals surface area contributed by atoms with Crippen molar-refractivity contribution in [3.8, 4) is 0 Å². The summed E-state index contributed by atoms with van der Waals surface area (Å²) in [6.07, 6.45) is 0.928. The molecule has 1 atom stereocenters. The van der Waals surface area contributed by atoms with Crippen LogP contribution in [0.25, 0.3) is 0 Å². The van der Waals surface area contributed by atoms with E-state index >= 15 is 0 Å². The van der Waals surface area contributed by atoms with Crippen molar-refractivity contribution in [3.05, 3.63) is 35.6 Å². The molecule has 4 nitrogen and oxygen atoms in total. The first kappa shape index (κ1) is 14.0. The molecule has 19 heavy (non-hydrogen) atoms. The zero-order valence-corrected chi connectivity index (χ0v) is 10.8. The van der Waals surface area contributed by atoms with Gasteiger partial charge in [0.25, 0.3) is 0 Å². The zero-order valence-electron chi connectivity index (χ0n) is 10.8. The van der Waals surface area contributed by atoms with Crippen LogP contribution in [-0.2, 0) is 11.3 Å². The number of nitrogens with zero attached hydrogens (tertiary/aromatic N) is 1. The number of amides is 1. The third-order valence-corrected chi connectivity index (χ3v) is 3.43. The normalized spacial score (nSPS) is 19.6. The van der Waals surface area contributed by atoms with Crippen molar-refractivity contribution in [1.29, 1.82) is 0 Å². The topological polar surface area (TPSA) is 52.6 Å². The standard InChI is InChI=1S/C14H19FN2O2/c15-13-4-2-1-3-12(13)7-16-14(19)9-17-6-5-11(8-17)10-18/h1-4,11,18H,5-10H2,(H,16,19). The van der Waals surface area contributed by atoms with Gasteiger partial charge >= 0.3 is 0 Å². The maximum absolute atomic E-state index is 13.4. The number of halogens is 1. The molecule has 0 aromatic heterocycles. The van der Waals surface area contributed by atoms with E-state index in [0.717, 1.165) is 19.5 Å². The van der Waals surface area contributed by atoms with Crippen LogP contribution in [-0.4, -0.2) is 42.2 Å². The van der Waals surface area contributed by atoms with Gasteiger partial charge in [0.1, 0.15) is 5.82 Å². The fourth-order valence-corrected chi connectivity index (χ4v) is 2.30. The molecule has 1 unspecified atom stereocenters. The molecule has 1 aliphatic rings. The smallest absolute Gasteiger partial charge is 0.234 e. The second-order valence-corrected chi connectivity index (χ2v) is 4.94. The summed E-state index contributed by atoms with van der Waals surface area (Å²) in [6, 6.07) is 6.41.